The van der Waals surface area contributed by atoms with Crippen LogP contribution in [0.3, 0.4) is 0 Å². The average Bonchev–Trinajstić information content (AvgIpc) is 2.81. The quantitative estimate of drug-likeness (QED) is 0.400. The van der Waals surface area contributed by atoms with E-state index in [4.69, 9.17) is 34.8 Å². The third-order valence-electron chi connectivity index (χ3n) is 5.84. The predicted molar refractivity (Wildman–Crippen MR) is 136 cm³/mol. The Labute approximate surface area is 214 Å². The zero-order valence-electron chi connectivity index (χ0n) is 18.2. The summed E-state index contributed by atoms with van der Waals surface area (Å²) in [5.74, 6) is -0.385. The molecular formula is C25H23Cl3N2O3S. The van der Waals surface area contributed by atoms with E-state index in [9.17, 15) is 13.2 Å². The zero-order chi connectivity index (χ0) is 24.3. The van der Waals surface area contributed by atoms with Gasteiger partial charge in [0.05, 0.1) is 17.5 Å². The van der Waals surface area contributed by atoms with Crippen LogP contribution >= 0.6 is 34.8 Å². The van der Waals surface area contributed by atoms with Crippen LogP contribution in [0.15, 0.2) is 71.6 Å². The number of fused-ring (bicyclic) bond motifs is 1. The maximum Gasteiger partial charge on any atom is 0.243 e. The smallest absolute Gasteiger partial charge is 0.243 e. The van der Waals surface area contributed by atoms with Gasteiger partial charge in [-0.3, -0.25) is 4.79 Å². The van der Waals surface area contributed by atoms with Crippen LogP contribution in [0.25, 0.3) is 0 Å². The van der Waals surface area contributed by atoms with E-state index in [1.807, 2.05) is 18.2 Å². The number of hydrogen-bond donors (Lipinski definition) is 1. The van der Waals surface area contributed by atoms with Crippen molar-refractivity contribution < 1.29 is 13.2 Å². The second kappa shape index (κ2) is 10.7. The molecule has 0 unspecified atom stereocenters. The van der Waals surface area contributed by atoms with Crippen LogP contribution in [0, 0.1) is 0 Å². The Hall–Kier alpha value is -2.09. The van der Waals surface area contributed by atoms with Crippen LogP contribution < -0.4 is 5.32 Å². The van der Waals surface area contributed by atoms with Gasteiger partial charge in [-0.25, -0.2) is 8.42 Å². The number of nitrogens with one attached hydrogen (secondary N) is 1. The topological polar surface area (TPSA) is 66.5 Å². The maximum absolute atomic E-state index is 13.5. The minimum absolute atomic E-state index is 0.0396. The Morgan fingerprint density at radius 3 is 2.41 bits per heavy atom. The van der Waals surface area contributed by atoms with Crippen molar-refractivity contribution in [3.05, 3.63) is 98.5 Å². The van der Waals surface area contributed by atoms with Crippen molar-refractivity contribution in [2.45, 2.75) is 36.7 Å². The van der Waals surface area contributed by atoms with Crippen LogP contribution in [-0.2, 0) is 27.8 Å². The van der Waals surface area contributed by atoms with E-state index in [0.29, 0.717) is 20.6 Å². The Kier molecular flexibility index (Phi) is 7.85. The van der Waals surface area contributed by atoms with Crippen LogP contribution in [0.2, 0.25) is 15.1 Å². The second-order valence-corrected chi connectivity index (χ2v) is 11.4. The number of hydrogen-bond acceptors (Lipinski definition) is 3. The van der Waals surface area contributed by atoms with Crippen molar-refractivity contribution in [1.29, 1.82) is 0 Å². The molecule has 0 saturated carbocycles. The minimum atomic E-state index is -4.02. The van der Waals surface area contributed by atoms with Crippen molar-refractivity contribution in [3.63, 3.8) is 0 Å². The first-order chi connectivity index (χ1) is 16.2. The van der Waals surface area contributed by atoms with Crippen molar-refractivity contribution in [2.75, 3.05) is 6.54 Å². The maximum atomic E-state index is 13.5. The number of nitrogens with zero attached hydrogens (tertiary/aromatic N) is 1. The zero-order valence-corrected chi connectivity index (χ0v) is 21.3. The summed E-state index contributed by atoms with van der Waals surface area (Å²) in [6.07, 6.45) is 2.72. The molecule has 0 heterocycles. The van der Waals surface area contributed by atoms with Gasteiger partial charge in [0.15, 0.2) is 0 Å². The van der Waals surface area contributed by atoms with Crippen molar-refractivity contribution in [1.82, 2.24) is 9.62 Å². The van der Waals surface area contributed by atoms with E-state index in [1.165, 1.54) is 29.8 Å². The summed E-state index contributed by atoms with van der Waals surface area (Å²) in [6.45, 7) is -0.446. The van der Waals surface area contributed by atoms with Crippen LogP contribution in [0.5, 0.6) is 0 Å². The van der Waals surface area contributed by atoms with Crippen molar-refractivity contribution in [2.24, 2.45) is 0 Å². The SMILES string of the molecule is O=C(CN(Cc1ccc(Cl)cc1Cl)S(=O)(=O)c1ccc(Cl)cc1)N[C@@H]1CCCc2ccccc21. The molecule has 1 aliphatic carbocycles. The molecule has 1 N–H and O–H groups in total. The number of carbonyl (C=O) groups is 1. The molecule has 9 heteroatoms. The van der Waals surface area contributed by atoms with E-state index in [2.05, 4.69) is 11.4 Å². The number of halogens is 3. The summed E-state index contributed by atoms with van der Waals surface area (Å²) in [6, 6.07) is 18.5. The average molecular weight is 538 g/mol. The first kappa shape index (κ1) is 25.0. The van der Waals surface area contributed by atoms with Gasteiger partial charge >= 0.3 is 0 Å². The normalized spacial score (nSPS) is 15.7. The van der Waals surface area contributed by atoms with Gasteiger partial charge in [-0.05, 0) is 72.4 Å². The molecule has 178 valence electrons. The van der Waals surface area contributed by atoms with Gasteiger partial charge in [0, 0.05) is 21.6 Å². The van der Waals surface area contributed by atoms with E-state index < -0.39 is 10.0 Å². The van der Waals surface area contributed by atoms with Crippen LogP contribution in [-0.4, -0.2) is 25.2 Å². The fraction of sp³-hybridized carbons (Fsp3) is 0.240. The summed E-state index contributed by atoms with van der Waals surface area (Å²) in [7, 11) is -4.02. The van der Waals surface area contributed by atoms with Gasteiger partial charge in [-0.2, -0.15) is 4.31 Å². The van der Waals surface area contributed by atoms with Crippen LogP contribution in [0.4, 0.5) is 0 Å². The highest BCUT2D eigenvalue weighted by molar-refractivity contribution is 7.89. The van der Waals surface area contributed by atoms with Gasteiger partial charge in [0.1, 0.15) is 0 Å². The van der Waals surface area contributed by atoms with Crippen molar-refractivity contribution in [3.8, 4) is 0 Å². The Balaban J connectivity index is 1.60. The summed E-state index contributed by atoms with van der Waals surface area (Å²) in [4.78, 5) is 13.1. The Bertz CT molecular complexity index is 1300. The first-order valence-electron chi connectivity index (χ1n) is 10.8. The molecule has 3 aromatic carbocycles. The molecule has 4 rings (SSSR count). The standard InChI is InChI=1S/C25H23Cl3N2O3S/c26-19-10-12-21(13-11-19)34(32,33)30(15-18-8-9-20(27)14-23(18)28)16-25(31)29-24-7-3-5-17-4-1-2-6-22(17)24/h1-2,4,6,8-14,24H,3,5,7,15-16H2,(H,29,31)/t24-/m1/s1. The number of carbonyl (C=O) groups excluding carboxylic acids is 1. The summed E-state index contributed by atoms with van der Waals surface area (Å²) in [5, 5.41) is 4.21. The van der Waals surface area contributed by atoms with E-state index >= 15 is 0 Å². The molecular weight excluding hydrogens is 515 g/mol. The molecule has 0 aliphatic heterocycles. The molecule has 1 amide bonds. The fourth-order valence-electron chi connectivity index (χ4n) is 4.13. The molecule has 5 nitrogen and oxygen atoms in total. The second-order valence-electron chi connectivity index (χ2n) is 8.17. The summed E-state index contributed by atoms with van der Waals surface area (Å²) >= 11 is 18.2. The largest absolute Gasteiger partial charge is 0.348 e. The van der Waals surface area contributed by atoms with Gasteiger partial charge in [0.2, 0.25) is 15.9 Å². The lowest BCUT2D eigenvalue weighted by atomic mass is 9.88. The molecule has 3 aromatic rings. The lowest BCUT2D eigenvalue weighted by Gasteiger charge is -2.28. The van der Waals surface area contributed by atoms with E-state index in [1.54, 1.807) is 18.2 Å². The van der Waals surface area contributed by atoms with Gasteiger partial charge in [-0.1, -0.05) is 65.1 Å². The fourth-order valence-corrected chi connectivity index (χ4v) is 6.09. The highest BCUT2D eigenvalue weighted by Gasteiger charge is 2.29. The molecule has 0 bridgehead atoms. The molecule has 0 spiro atoms. The Morgan fingerprint density at radius 1 is 0.971 bits per heavy atom. The number of aryl methyl sites for hydroxylation is 1. The lowest BCUT2D eigenvalue weighted by molar-refractivity contribution is -0.122. The molecule has 0 fully saturated rings. The minimum Gasteiger partial charge on any atom is -0.348 e. The molecule has 34 heavy (non-hydrogen) atoms. The highest BCUT2D eigenvalue weighted by atomic mass is 35.5. The molecule has 1 aliphatic rings. The van der Waals surface area contributed by atoms with Gasteiger partial charge < -0.3 is 5.32 Å². The van der Waals surface area contributed by atoms with Crippen molar-refractivity contribution >= 4 is 50.7 Å². The van der Waals surface area contributed by atoms with Gasteiger partial charge in [0.25, 0.3) is 0 Å². The summed E-state index contributed by atoms with van der Waals surface area (Å²) in [5.41, 5.74) is 2.83. The van der Waals surface area contributed by atoms with E-state index in [0.717, 1.165) is 29.1 Å². The molecule has 0 saturated heterocycles. The Morgan fingerprint density at radius 2 is 1.68 bits per heavy atom. The third kappa shape index (κ3) is 5.75. The third-order valence-corrected chi connectivity index (χ3v) is 8.48. The number of benzene rings is 3. The predicted octanol–water partition coefficient (Wildman–Crippen LogP) is 6.03. The monoisotopic (exact) mass is 536 g/mol. The summed E-state index contributed by atoms with van der Waals surface area (Å²) < 4.78 is 28.1. The number of rotatable bonds is 7. The lowest BCUT2D eigenvalue weighted by Crippen LogP contribution is -2.42. The number of sulfonamides is 1. The first-order valence-corrected chi connectivity index (χ1v) is 13.4. The highest BCUT2D eigenvalue weighted by Crippen LogP contribution is 2.30. The van der Waals surface area contributed by atoms with E-state index in [-0.39, 0.29) is 29.9 Å². The molecule has 1 atom stereocenters. The molecule has 0 radical (unpaired) electrons. The number of amides is 1. The van der Waals surface area contributed by atoms with Gasteiger partial charge in [-0.15, -0.1) is 0 Å². The van der Waals surface area contributed by atoms with Crippen LogP contribution in [0.1, 0.15) is 35.6 Å². The molecule has 0 aromatic heterocycles.